The number of amides is 2. The summed E-state index contributed by atoms with van der Waals surface area (Å²) >= 11 is 0. The van der Waals surface area contributed by atoms with Gasteiger partial charge >= 0.3 is 0 Å². The molecule has 3 fully saturated rings. The fourth-order valence-electron chi connectivity index (χ4n) is 5.65. The van der Waals surface area contributed by atoms with Gasteiger partial charge in [0.25, 0.3) is 5.69 Å². The van der Waals surface area contributed by atoms with Gasteiger partial charge in [-0.25, -0.2) is 4.90 Å². The van der Waals surface area contributed by atoms with Gasteiger partial charge in [0.2, 0.25) is 11.8 Å². The largest absolute Gasteiger partial charge is 0.377 e. The number of piperidine rings is 1. The fourth-order valence-corrected chi connectivity index (χ4v) is 5.65. The third-order valence-electron chi connectivity index (χ3n) is 7.47. The first-order valence-electron chi connectivity index (χ1n) is 12.2. The van der Waals surface area contributed by atoms with E-state index in [2.05, 4.69) is 22.3 Å². The summed E-state index contributed by atoms with van der Waals surface area (Å²) in [4.78, 5) is 40.8. The summed E-state index contributed by atoms with van der Waals surface area (Å²) in [6.45, 7) is 2.73. The van der Waals surface area contributed by atoms with E-state index in [1.807, 2.05) is 18.2 Å². The molecule has 1 saturated carbocycles. The zero-order valence-corrected chi connectivity index (χ0v) is 19.2. The molecule has 3 aliphatic rings. The minimum atomic E-state index is -0.436. The third-order valence-corrected chi connectivity index (χ3v) is 7.47. The molecule has 178 valence electrons. The summed E-state index contributed by atoms with van der Waals surface area (Å²) in [5, 5.41) is 15.2. The topological polar surface area (TPSA) is 95.8 Å². The first kappa shape index (κ1) is 22.5. The molecule has 5 rings (SSSR count). The van der Waals surface area contributed by atoms with E-state index in [1.54, 1.807) is 12.1 Å². The van der Waals surface area contributed by atoms with E-state index in [-0.39, 0.29) is 35.4 Å². The van der Waals surface area contributed by atoms with Crippen LogP contribution in [0.15, 0.2) is 48.5 Å². The number of rotatable bonds is 6. The van der Waals surface area contributed by atoms with Crippen molar-refractivity contribution in [2.24, 2.45) is 11.8 Å². The zero-order valence-electron chi connectivity index (χ0n) is 19.2. The fraction of sp³-hybridized carbons (Fsp3) is 0.462. The van der Waals surface area contributed by atoms with E-state index in [0.717, 1.165) is 58.2 Å². The number of hydrogen-bond donors (Lipinski definition) is 1. The molecule has 2 amide bonds. The molecule has 2 heterocycles. The predicted molar refractivity (Wildman–Crippen MR) is 129 cm³/mol. The Morgan fingerprint density at radius 2 is 1.56 bits per heavy atom. The van der Waals surface area contributed by atoms with Crippen LogP contribution >= 0.6 is 0 Å². The lowest BCUT2D eigenvalue weighted by atomic mass is 9.81. The maximum absolute atomic E-state index is 12.9. The maximum atomic E-state index is 12.9. The molecule has 2 saturated heterocycles. The van der Waals surface area contributed by atoms with E-state index in [4.69, 9.17) is 0 Å². The van der Waals surface area contributed by atoms with E-state index < -0.39 is 4.92 Å². The minimum Gasteiger partial charge on any atom is -0.377 e. The van der Waals surface area contributed by atoms with E-state index in [0.29, 0.717) is 11.4 Å². The standard InChI is InChI=1S/C26H30N4O4/c31-25-21-8-4-5-9-22(21)26(32)29(25)20-10-11-23(24(16-20)30(33)34)27-19-12-14-28(15-13-19)17-18-6-2-1-3-7-18/h1-3,6-7,10-11,16,19,21-22,27H,4-5,8-9,12-15,17H2/t21-,22+. The van der Waals surface area contributed by atoms with Gasteiger partial charge in [-0.3, -0.25) is 24.6 Å². The number of nitrogens with one attached hydrogen (secondary N) is 1. The van der Waals surface area contributed by atoms with Crippen LogP contribution < -0.4 is 10.2 Å². The van der Waals surface area contributed by atoms with Gasteiger partial charge in [-0.15, -0.1) is 0 Å². The number of carbonyl (C=O) groups excluding carboxylic acids is 2. The van der Waals surface area contributed by atoms with Crippen LogP contribution in [0.5, 0.6) is 0 Å². The number of nitrogens with zero attached hydrogens (tertiary/aromatic N) is 3. The van der Waals surface area contributed by atoms with Gasteiger partial charge in [0.1, 0.15) is 5.69 Å². The van der Waals surface area contributed by atoms with Crippen LogP contribution in [0.3, 0.4) is 0 Å². The highest BCUT2D eigenvalue weighted by Crippen LogP contribution is 2.41. The minimum absolute atomic E-state index is 0.0975. The molecular formula is C26H30N4O4. The quantitative estimate of drug-likeness (QED) is 0.390. The molecule has 0 bridgehead atoms. The number of hydrogen-bond acceptors (Lipinski definition) is 6. The smallest absolute Gasteiger partial charge is 0.294 e. The van der Waals surface area contributed by atoms with Crippen molar-refractivity contribution < 1.29 is 14.5 Å². The molecule has 0 unspecified atom stereocenters. The summed E-state index contributed by atoms with van der Waals surface area (Å²) < 4.78 is 0. The predicted octanol–water partition coefficient (Wildman–Crippen LogP) is 4.35. The van der Waals surface area contributed by atoms with Crippen molar-refractivity contribution in [3.05, 3.63) is 64.2 Å². The summed E-state index contributed by atoms with van der Waals surface area (Å²) in [5.41, 5.74) is 1.93. The highest BCUT2D eigenvalue weighted by atomic mass is 16.6. The summed E-state index contributed by atoms with van der Waals surface area (Å²) in [5.74, 6) is -0.982. The molecule has 8 nitrogen and oxygen atoms in total. The van der Waals surface area contributed by atoms with Gasteiger partial charge in [-0.1, -0.05) is 43.2 Å². The van der Waals surface area contributed by atoms with Gasteiger partial charge in [0.15, 0.2) is 0 Å². The summed E-state index contributed by atoms with van der Waals surface area (Å²) in [7, 11) is 0. The van der Waals surface area contributed by atoms with Crippen LogP contribution in [-0.2, 0) is 16.1 Å². The highest BCUT2D eigenvalue weighted by molar-refractivity contribution is 6.22. The molecular weight excluding hydrogens is 432 g/mol. The number of benzene rings is 2. The van der Waals surface area contributed by atoms with Crippen molar-refractivity contribution in [2.45, 2.75) is 51.1 Å². The Balaban J connectivity index is 1.27. The third kappa shape index (κ3) is 4.42. The number of nitro groups is 1. The molecule has 0 aromatic heterocycles. The van der Waals surface area contributed by atoms with Gasteiger partial charge < -0.3 is 5.32 Å². The Labute approximate surface area is 199 Å². The van der Waals surface area contributed by atoms with Gasteiger partial charge in [0.05, 0.1) is 22.4 Å². The molecule has 2 aliphatic heterocycles. The lowest BCUT2D eigenvalue weighted by Gasteiger charge is -2.32. The van der Waals surface area contributed by atoms with Crippen LogP contribution in [0.4, 0.5) is 17.1 Å². The van der Waals surface area contributed by atoms with Crippen LogP contribution in [-0.4, -0.2) is 40.8 Å². The highest BCUT2D eigenvalue weighted by Gasteiger charge is 2.49. The van der Waals surface area contributed by atoms with Crippen molar-refractivity contribution in [1.29, 1.82) is 0 Å². The molecule has 2 aromatic carbocycles. The van der Waals surface area contributed by atoms with Crippen molar-refractivity contribution in [3.8, 4) is 0 Å². The van der Waals surface area contributed by atoms with Crippen LogP contribution in [0.2, 0.25) is 0 Å². The monoisotopic (exact) mass is 462 g/mol. The zero-order chi connectivity index (χ0) is 23.7. The van der Waals surface area contributed by atoms with Crippen LogP contribution in [0, 0.1) is 22.0 Å². The Kier molecular flexibility index (Phi) is 6.32. The summed E-state index contributed by atoms with van der Waals surface area (Å²) in [6.07, 6.45) is 5.10. The van der Waals surface area contributed by atoms with E-state index in [9.17, 15) is 19.7 Å². The summed E-state index contributed by atoms with van der Waals surface area (Å²) in [6, 6.07) is 15.2. The van der Waals surface area contributed by atoms with Gasteiger partial charge in [0, 0.05) is 31.7 Å². The molecule has 2 atom stereocenters. The van der Waals surface area contributed by atoms with Crippen molar-refractivity contribution in [3.63, 3.8) is 0 Å². The second kappa shape index (κ2) is 9.54. The molecule has 0 radical (unpaired) electrons. The molecule has 34 heavy (non-hydrogen) atoms. The second-order valence-corrected chi connectivity index (χ2v) is 9.65. The van der Waals surface area contributed by atoms with E-state index >= 15 is 0 Å². The number of fused-ring (bicyclic) bond motifs is 1. The first-order valence-corrected chi connectivity index (χ1v) is 12.2. The molecule has 1 N–H and O–H groups in total. The van der Waals surface area contributed by atoms with Crippen molar-refractivity contribution >= 4 is 28.9 Å². The number of carbonyl (C=O) groups is 2. The number of imide groups is 1. The molecule has 0 spiro atoms. The maximum Gasteiger partial charge on any atom is 0.294 e. The number of likely N-dealkylation sites (tertiary alicyclic amines) is 1. The van der Waals surface area contributed by atoms with Crippen LogP contribution in [0.1, 0.15) is 44.1 Å². The Morgan fingerprint density at radius 1 is 0.912 bits per heavy atom. The average molecular weight is 463 g/mol. The average Bonchev–Trinajstić information content (AvgIpc) is 3.11. The molecule has 1 aliphatic carbocycles. The lowest BCUT2D eigenvalue weighted by molar-refractivity contribution is -0.383. The number of nitro benzene ring substituents is 1. The van der Waals surface area contributed by atoms with Crippen molar-refractivity contribution in [2.75, 3.05) is 23.3 Å². The first-order chi connectivity index (χ1) is 16.5. The Morgan fingerprint density at radius 3 is 2.18 bits per heavy atom. The van der Waals surface area contributed by atoms with Gasteiger partial charge in [-0.05, 0) is 43.4 Å². The van der Waals surface area contributed by atoms with Gasteiger partial charge in [-0.2, -0.15) is 0 Å². The second-order valence-electron chi connectivity index (χ2n) is 9.65. The Hall–Kier alpha value is -3.26. The van der Waals surface area contributed by atoms with Crippen molar-refractivity contribution in [1.82, 2.24) is 4.90 Å². The SMILES string of the molecule is O=C1[C@H]2CCCC[C@H]2C(=O)N1c1ccc(NC2CCN(Cc3ccccc3)CC2)c([N+](=O)[O-])c1. The molecule has 8 heteroatoms. The van der Waals surface area contributed by atoms with E-state index in [1.165, 1.54) is 16.5 Å². The lowest BCUT2D eigenvalue weighted by Crippen LogP contribution is -2.38. The molecule has 2 aromatic rings. The van der Waals surface area contributed by atoms with Crippen LogP contribution in [0.25, 0.3) is 0 Å². The Bertz CT molecular complexity index is 1060. The number of anilines is 2. The normalized spacial score (nSPS) is 23.7.